The van der Waals surface area contributed by atoms with Crippen molar-refractivity contribution in [2.75, 3.05) is 23.4 Å². The molecule has 0 amide bonds. The first-order chi connectivity index (χ1) is 6.84. The van der Waals surface area contributed by atoms with E-state index in [1.54, 1.807) is 6.92 Å². The third-order valence-electron chi connectivity index (χ3n) is 2.41. The first kappa shape index (κ1) is 9.83. The fourth-order valence-corrected chi connectivity index (χ4v) is 2.75. The van der Waals surface area contributed by atoms with Crippen molar-refractivity contribution >= 4 is 17.8 Å². The molecule has 14 heavy (non-hydrogen) atoms. The number of aromatic nitrogens is 2. The van der Waals surface area contributed by atoms with Gasteiger partial charge in [-0.1, -0.05) is 5.10 Å². The predicted octanol–water partition coefficient (Wildman–Crippen LogP) is 1.93. The van der Waals surface area contributed by atoms with E-state index in [0.717, 1.165) is 12.5 Å². The van der Waals surface area contributed by atoms with Gasteiger partial charge in [0, 0.05) is 13.5 Å². The Kier molecular flexibility index (Phi) is 3.29. The Balaban J connectivity index is 1.76. The largest absolute Gasteiger partial charge is 0.408 e. The van der Waals surface area contributed by atoms with Gasteiger partial charge in [0.1, 0.15) is 0 Å². The average Bonchev–Trinajstić information content (AvgIpc) is 2.63. The fraction of sp³-hybridized carbons (Fsp3) is 0.778. The topological polar surface area (TPSA) is 51.0 Å². The molecule has 2 rings (SSSR count). The zero-order chi connectivity index (χ0) is 9.80. The van der Waals surface area contributed by atoms with Crippen LogP contribution in [0.15, 0.2) is 4.42 Å². The number of hydrogen-bond acceptors (Lipinski definition) is 5. The minimum Gasteiger partial charge on any atom is -0.408 e. The van der Waals surface area contributed by atoms with E-state index in [1.165, 1.54) is 24.3 Å². The molecular weight excluding hydrogens is 198 g/mol. The Morgan fingerprint density at radius 2 is 2.21 bits per heavy atom. The molecule has 1 N–H and O–H groups in total. The summed E-state index contributed by atoms with van der Waals surface area (Å²) in [6, 6.07) is 0.556. The number of rotatable bonds is 3. The van der Waals surface area contributed by atoms with Crippen molar-refractivity contribution in [1.82, 2.24) is 10.2 Å². The molecule has 1 aliphatic rings. The van der Waals surface area contributed by atoms with E-state index in [4.69, 9.17) is 4.42 Å². The van der Waals surface area contributed by atoms with Crippen LogP contribution in [-0.4, -0.2) is 28.2 Å². The van der Waals surface area contributed by atoms with Crippen molar-refractivity contribution < 1.29 is 4.42 Å². The van der Waals surface area contributed by atoms with Gasteiger partial charge in [-0.3, -0.25) is 0 Å². The van der Waals surface area contributed by atoms with Gasteiger partial charge >= 0.3 is 6.01 Å². The molecule has 0 bridgehead atoms. The maximum Gasteiger partial charge on any atom is 0.315 e. The van der Waals surface area contributed by atoms with Crippen LogP contribution in [0.4, 0.5) is 6.01 Å². The normalized spacial score (nSPS) is 18.4. The Bertz CT molecular complexity index is 283. The first-order valence-corrected chi connectivity index (χ1v) is 6.12. The van der Waals surface area contributed by atoms with E-state index >= 15 is 0 Å². The predicted molar refractivity (Wildman–Crippen MR) is 57.6 cm³/mol. The van der Waals surface area contributed by atoms with Gasteiger partial charge in [-0.2, -0.15) is 11.8 Å². The van der Waals surface area contributed by atoms with Gasteiger partial charge in [0.2, 0.25) is 5.89 Å². The highest BCUT2D eigenvalue weighted by Gasteiger charge is 2.14. The van der Waals surface area contributed by atoms with E-state index in [1.807, 2.05) is 11.8 Å². The smallest absolute Gasteiger partial charge is 0.315 e. The third-order valence-corrected chi connectivity index (χ3v) is 3.46. The summed E-state index contributed by atoms with van der Waals surface area (Å²) in [5.74, 6) is 3.96. The van der Waals surface area contributed by atoms with Crippen LogP contribution in [0, 0.1) is 12.8 Å². The molecule has 1 aromatic rings. The number of hydrogen-bond donors (Lipinski definition) is 1. The standard InChI is InChI=1S/C9H15N3OS/c1-7-11-12-9(13-7)10-6-8-2-4-14-5-3-8/h8H,2-6H2,1H3,(H,10,12). The van der Waals surface area contributed by atoms with Crippen molar-refractivity contribution in [3.8, 4) is 0 Å². The van der Waals surface area contributed by atoms with Gasteiger partial charge in [-0.05, 0) is 30.3 Å². The van der Waals surface area contributed by atoms with Crippen LogP contribution in [0.25, 0.3) is 0 Å². The van der Waals surface area contributed by atoms with Crippen molar-refractivity contribution in [3.63, 3.8) is 0 Å². The van der Waals surface area contributed by atoms with Crippen LogP contribution in [0.5, 0.6) is 0 Å². The van der Waals surface area contributed by atoms with E-state index in [0.29, 0.717) is 11.9 Å². The first-order valence-electron chi connectivity index (χ1n) is 4.96. The van der Waals surface area contributed by atoms with Crippen LogP contribution < -0.4 is 5.32 Å². The SMILES string of the molecule is Cc1nnc(NCC2CCSCC2)o1. The molecule has 1 fully saturated rings. The third kappa shape index (κ3) is 2.64. The molecule has 1 aliphatic heterocycles. The maximum atomic E-state index is 5.24. The number of thioether (sulfide) groups is 1. The molecule has 0 saturated carbocycles. The van der Waals surface area contributed by atoms with Crippen molar-refractivity contribution in [2.45, 2.75) is 19.8 Å². The van der Waals surface area contributed by atoms with E-state index in [2.05, 4.69) is 15.5 Å². The van der Waals surface area contributed by atoms with Crippen molar-refractivity contribution in [3.05, 3.63) is 5.89 Å². The van der Waals surface area contributed by atoms with E-state index in [-0.39, 0.29) is 0 Å². The Morgan fingerprint density at radius 3 is 2.86 bits per heavy atom. The quantitative estimate of drug-likeness (QED) is 0.831. The van der Waals surface area contributed by atoms with Crippen LogP contribution in [0.2, 0.25) is 0 Å². The summed E-state index contributed by atoms with van der Waals surface area (Å²) in [6.45, 7) is 2.76. The number of nitrogens with zero attached hydrogens (tertiary/aromatic N) is 2. The minimum absolute atomic E-state index is 0.556. The van der Waals surface area contributed by atoms with Crippen molar-refractivity contribution in [2.24, 2.45) is 5.92 Å². The molecule has 1 saturated heterocycles. The van der Waals surface area contributed by atoms with Crippen LogP contribution in [-0.2, 0) is 0 Å². The zero-order valence-electron chi connectivity index (χ0n) is 8.32. The monoisotopic (exact) mass is 213 g/mol. The lowest BCUT2D eigenvalue weighted by molar-refractivity contribution is 0.491. The average molecular weight is 213 g/mol. The van der Waals surface area contributed by atoms with Gasteiger partial charge in [0.25, 0.3) is 0 Å². The second kappa shape index (κ2) is 4.68. The Morgan fingerprint density at radius 1 is 1.43 bits per heavy atom. The second-order valence-corrected chi connectivity index (χ2v) is 4.79. The molecular formula is C9H15N3OS. The molecule has 5 heteroatoms. The number of anilines is 1. The summed E-state index contributed by atoms with van der Waals surface area (Å²) in [5.41, 5.74) is 0. The molecule has 0 spiro atoms. The molecule has 2 heterocycles. The van der Waals surface area contributed by atoms with Gasteiger partial charge < -0.3 is 9.73 Å². The molecule has 0 aliphatic carbocycles. The fourth-order valence-electron chi connectivity index (χ4n) is 1.55. The van der Waals surface area contributed by atoms with Gasteiger partial charge in [0.15, 0.2) is 0 Å². The summed E-state index contributed by atoms with van der Waals surface area (Å²) in [6.07, 6.45) is 2.59. The van der Waals surface area contributed by atoms with Gasteiger partial charge in [-0.15, -0.1) is 5.10 Å². The number of aryl methyl sites for hydroxylation is 1. The zero-order valence-corrected chi connectivity index (χ0v) is 9.14. The van der Waals surface area contributed by atoms with Gasteiger partial charge in [0.05, 0.1) is 0 Å². The van der Waals surface area contributed by atoms with Crippen LogP contribution in [0.3, 0.4) is 0 Å². The Labute approximate surface area is 87.9 Å². The summed E-state index contributed by atoms with van der Waals surface area (Å²) in [4.78, 5) is 0. The van der Waals surface area contributed by atoms with Crippen LogP contribution in [0.1, 0.15) is 18.7 Å². The highest BCUT2D eigenvalue weighted by Crippen LogP contribution is 2.22. The molecule has 0 aromatic carbocycles. The summed E-state index contributed by atoms with van der Waals surface area (Å²) in [5, 5.41) is 10.8. The van der Waals surface area contributed by atoms with E-state index < -0.39 is 0 Å². The lowest BCUT2D eigenvalue weighted by Crippen LogP contribution is -2.19. The lowest BCUT2D eigenvalue weighted by atomic mass is 10.0. The molecule has 0 unspecified atom stereocenters. The van der Waals surface area contributed by atoms with Gasteiger partial charge in [-0.25, -0.2) is 0 Å². The highest BCUT2D eigenvalue weighted by molar-refractivity contribution is 7.99. The molecule has 0 radical (unpaired) electrons. The van der Waals surface area contributed by atoms with Crippen LogP contribution >= 0.6 is 11.8 Å². The highest BCUT2D eigenvalue weighted by atomic mass is 32.2. The molecule has 78 valence electrons. The molecule has 4 nitrogen and oxygen atoms in total. The molecule has 1 aromatic heterocycles. The Hall–Kier alpha value is -0.710. The minimum atomic E-state index is 0.556. The lowest BCUT2D eigenvalue weighted by Gasteiger charge is -2.20. The summed E-state index contributed by atoms with van der Waals surface area (Å²) >= 11 is 2.05. The summed E-state index contributed by atoms with van der Waals surface area (Å²) in [7, 11) is 0. The number of nitrogens with one attached hydrogen (secondary N) is 1. The molecule has 0 atom stereocenters. The maximum absolute atomic E-state index is 5.24. The van der Waals surface area contributed by atoms with E-state index in [9.17, 15) is 0 Å². The second-order valence-electron chi connectivity index (χ2n) is 3.56. The van der Waals surface area contributed by atoms with Crippen molar-refractivity contribution in [1.29, 1.82) is 0 Å². The summed E-state index contributed by atoms with van der Waals surface area (Å²) < 4.78 is 5.24.